The second kappa shape index (κ2) is 5.09. The molecule has 1 aliphatic rings. The highest BCUT2D eigenvalue weighted by Crippen LogP contribution is 2.20. The van der Waals surface area contributed by atoms with Crippen LogP contribution in [0.25, 0.3) is 10.8 Å². The van der Waals surface area contributed by atoms with Gasteiger partial charge in [0, 0.05) is 18.0 Å². The lowest BCUT2D eigenvalue weighted by molar-refractivity contribution is 0.0933. The Hall–Kier alpha value is -2.14. The number of anilines is 1. The Kier molecular flexibility index (Phi) is 3.28. The minimum absolute atomic E-state index is 0.150. The number of carbonyl (C=O) groups excluding carboxylic acids is 1. The molecule has 1 fully saturated rings. The maximum Gasteiger partial charge on any atom is 0.270 e. The first-order valence-electron chi connectivity index (χ1n) is 6.78. The Labute approximate surface area is 117 Å². The average Bonchev–Trinajstić information content (AvgIpc) is 2.84. The van der Waals surface area contributed by atoms with Gasteiger partial charge in [0.15, 0.2) is 0 Å². The molecule has 3 N–H and O–H groups in total. The van der Waals surface area contributed by atoms with Gasteiger partial charge in [0.1, 0.15) is 11.5 Å². The lowest BCUT2D eigenvalue weighted by Gasteiger charge is -2.13. The predicted octanol–water partition coefficient (Wildman–Crippen LogP) is 1.25. The van der Waals surface area contributed by atoms with E-state index in [0.29, 0.717) is 11.5 Å². The lowest BCUT2D eigenvalue weighted by Crippen LogP contribution is -2.37. The molecule has 2 heterocycles. The molecule has 0 saturated carbocycles. The molecule has 0 radical (unpaired) electrons. The van der Waals surface area contributed by atoms with Crippen molar-refractivity contribution in [2.75, 3.05) is 25.9 Å². The molecule has 1 aromatic heterocycles. The topological polar surface area (TPSA) is 71.2 Å². The summed E-state index contributed by atoms with van der Waals surface area (Å²) in [5.74, 6) is 0.250. The maximum absolute atomic E-state index is 12.3. The second-order valence-electron chi connectivity index (χ2n) is 5.34. The van der Waals surface area contributed by atoms with Gasteiger partial charge in [-0.15, -0.1) is 0 Å². The summed E-state index contributed by atoms with van der Waals surface area (Å²) in [7, 11) is 2.05. The zero-order valence-electron chi connectivity index (χ0n) is 11.5. The number of pyridine rings is 1. The number of nitrogen functional groups attached to an aromatic ring is 1. The van der Waals surface area contributed by atoms with Crippen LogP contribution < -0.4 is 11.1 Å². The molecule has 1 unspecified atom stereocenters. The molecule has 20 heavy (non-hydrogen) atoms. The van der Waals surface area contributed by atoms with Crippen molar-refractivity contribution in [3.8, 4) is 0 Å². The Morgan fingerprint density at radius 2 is 2.25 bits per heavy atom. The van der Waals surface area contributed by atoms with Crippen LogP contribution in [0.3, 0.4) is 0 Å². The molecule has 1 atom stereocenters. The van der Waals surface area contributed by atoms with Crippen LogP contribution in [0.1, 0.15) is 16.9 Å². The lowest BCUT2D eigenvalue weighted by atomic mass is 10.1. The average molecular weight is 270 g/mol. The number of carbonyl (C=O) groups is 1. The molecule has 1 aliphatic heterocycles. The summed E-state index contributed by atoms with van der Waals surface area (Å²) in [6.45, 7) is 1.90. The molecule has 5 nitrogen and oxygen atoms in total. The van der Waals surface area contributed by atoms with Crippen molar-refractivity contribution in [1.82, 2.24) is 15.2 Å². The highest BCUT2D eigenvalue weighted by Gasteiger charge is 2.22. The molecule has 0 bridgehead atoms. The summed E-state index contributed by atoms with van der Waals surface area (Å²) in [5.41, 5.74) is 6.31. The van der Waals surface area contributed by atoms with Gasteiger partial charge in [0.25, 0.3) is 5.91 Å². The Balaban J connectivity index is 1.84. The van der Waals surface area contributed by atoms with Gasteiger partial charge in [-0.1, -0.05) is 24.3 Å². The molecular weight excluding hydrogens is 252 g/mol. The van der Waals surface area contributed by atoms with E-state index in [0.717, 1.165) is 30.3 Å². The molecule has 0 aliphatic carbocycles. The van der Waals surface area contributed by atoms with Gasteiger partial charge in [-0.2, -0.15) is 0 Å². The predicted molar refractivity (Wildman–Crippen MR) is 79.5 cm³/mol. The smallest absolute Gasteiger partial charge is 0.270 e. The number of nitrogens with two attached hydrogens (primary N) is 1. The highest BCUT2D eigenvalue weighted by atomic mass is 16.1. The third-order valence-corrected chi connectivity index (χ3v) is 3.73. The molecule has 1 saturated heterocycles. The van der Waals surface area contributed by atoms with E-state index >= 15 is 0 Å². The normalized spacial score (nSPS) is 19.4. The fraction of sp³-hybridized carbons (Fsp3) is 0.333. The summed E-state index contributed by atoms with van der Waals surface area (Å²) in [6, 6.07) is 9.67. The number of nitrogens with zero attached hydrogens (tertiary/aromatic N) is 2. The Morgan fingerprint density at radius 3 is 3.00 bits per heavy atom. The number of likely N-dealkylation sites (tertiary alicyclic amines) is 1. The molecular formula is C15H18N4O. The number of rotatable bonds is 2. The maximum atomic E-state index is 12.3. The van der Waals surface area contributed by atoms with Gasteiger partial charge in [-0.25, -0.2) is 4.98 Å². The molecule has 1 amide bonds. The van der Waals surface area contributed by atoms with E-state index in [1.54, 1.807) is 6.07 Å². The first kappa shape index (κ1) is 12.9. The fourth-order valence-electron chi connectivity index (χ4n) is 2.65. The molecule has 104 valence electrons. The van der Waals surface area contributed by atoms with Crippen LogP contribution in [-0.2, 0) is 0 Å². The molecule has 2 aromatic rings. The first-order chi connectivity index (χ1) is 9.63. The largest absolute Gasteiger partial charge is 0.383 e. The van der Waals surface area contributed by atoms with Crippen molar-refractivity contribution < 1.29 is 4.79 Å². The monoisotopic (exact) mass is 270 g/mol. The van der Waals surface area contributed by atoms with Crippen LogP contribution in [0.15, 0.2) is 30.3 Å². The van der Waals surface area contributed by atoms with Crippen molar-refractivity contribution in [3.63, 3.8) is 0 Å². The van der Waals surface area contributed by atoms with Crippen LogP contribution >= 0.6 is 0 Å². The van der Waals surface area contributed by atoms with Crippen molar-refractivity contribution >= 4 is 22.5 Å². The molecule has 1 aromatic carbocycles. The van der Waals surface area contributed by atoms with E-state index in [4.69, 9.17) is 5.73 Å². The van der Waals surface area contributed by atoms with Crippen LogP contribution in [0, 0.1) is 0 Å². The van der Waals surface area contributed by atoms with Gasteiger partial charge < -0.3 is 16.0 Å². The van der Waals surface area contributed by atoms with Crippen LogP contribution in [0.5, 0.6) is 0 Å². The number of hydrogen-bond acceptors (Lipinski definition) is 4. The third-order valence-electron chi connectivity index (χ3n) is 3.73. The molecule has 3 rings (SSSR count). The summed E-state index contributed by atoms with van der Waals surface area (Å²) in [6.07, 6.45) is 0.977. The Bertz CT molecular complexity index is 655. The van der Waals surface area contributed by atoms with Gasteiger partial charge >= 0.3 is 0 Å². The number of aromatic nitrogens is 1. The first-order valence-corrected chi connectivity index (χ1v) is 6.78. The highest BCUT2D eigenvalue weighted by molar-refractivity contribution is 5.99. The van der Waals surface area contributed by atoms with Crippen molar-refractivity contribution in [2.24, 2.45) is 0 Å². The minimum atomic E-state index is -0.150. The quantitative estimate of drug-likeness (QED) is 0.861. The minimum Gasteiger partial charge on any atom is -0.383 e. The third kappa shape index (κ3) is 2.44. The summed E-state index contributed by atoms with van der Waals surface area (Å²) < 4.78 is 0. The summed E-state index contributed by atoms with van der Waals surface area (Å²) in [4.78, 5) is 18.7. The van der Waals surface area contributed by atoms with Crippen LogP contribution in [0.4, 0.5) is 5.82 Å². The number of likely N-dealkylation sites (N-methyl/N-ethyl adjacent to an activating group) is 1. The standard InChI is InChI=1S/C15H18N4O/c1-19-7-6-11(9-19)17-15(20)13-8-10-4-2-3-5-12(10)14(16)18-13/h2-5,8,11H,6-7,9H2,1H3,(H2,16,18)(H,17,20). The molecule has 0 spiro atoms. The second-order valence-corrected chi connectivity index (χ2v) is 5.34. The summed E-state index contributed by atoms with van der Waals surface area (Å²) >= 11 is 0. The van der Waals surface area contributed by atoms with E-state index in [1.165, 1.54) is 0 Å². The fourth-order valence-corrected chi connectivity index (χ4v) is 2.65. The summed E-state index contributed by atoms with van der Waals surface area (Å²) in [5, 5.41) is 4.84. The van der Waals surface area contributed by atoms with E-state index in [1.807, 2.05) is 24.3 Å². The van der Waals surface area contributed by atoms with E-state index in [9.17, 15) is 4.79 Å². The van der Waals surface area contributed by atoms with Gasteiger partial charge in [-0.05, 0) is 31.5 Å². The van der Waals surface area contributed by atoms with E-state index in [-0.39, 0.29) is 11.9 Å². The molecule has 5 heteroatoms. The van der Waals surface area contributed by atoms with E-state index < -0.39 is 0 Å². The van der Waals surface area contributed by atoms with Crippen LogP contribution in [0.2, 0.25) is 0 Å². The number of nitrogens with one attached hydrogen (secondary N) is 1. The van der Waals surface area contributed by atoms with Gasteiger partial charge in [-0.3, -0.25) is 4.79 Å². The van der Waals surface area contributed by atoms with Gasteiger partial charge in [0.2, 0.25) is 0 Å². The number of amides is 1. The SMILES string of the molecule is CN1CCC(NC(=O)c2cc3ccccc3c(N)n2)C1. The number of benzene rings is 1. The zero-order chi connectivity index (χ0) is 14.1. The number of hydrogen-bond donors (Lipinski definition) is 2. The van der Waals surface area contributed by atoms with Crippen molar-refractivity contribution in [1.29, 1.82) is 0 Å². The van der Waals surface area contributed by atoms with Crippen molar-refractivity contribution in [3.05, 3.63) is 36.0 Å². The van der Waals surface area contributed by atoms with Crippen LogP contribution in [-0.4, -0.2) is 42.0 Å². The zero-order valence-corrected chi connectivity index (χ0v) is 11.5. The van der Waals surface area contributed by atoms with Crippen molar-refractivity contribution in [2.45, 2.75) is 12.5 Å². The Morgan fingerprint density at radius 1 is 1.45 bits per heavy atom. The number of fused-ring (bicyclic) bond motifs is 1. The van der Waals surface area contributed by atoms with Gasteiger partial charge in [0.05, 0.1) is 0 Å². The van der Waals surface area contributed by atoms with E-state index in [2.05, 4.69) is 22.2 Å².